The van der Waals surface area contributed by atoms with Crippen LogP contribution in [0.3, 0.4) is 0 Å². The Morgan fingerprint density at radius 3 is 2.50 bits per heavy atom. The van der Waals surface area contributed by atoms with Crippen LogP contribution in [0.2, 0.25) is 5.02 Å². The minimum absolute atomic E-state index is 0.240. The molecular formula is C21H19ClN2O5S. The molecule has 0 spiro atoms. The summed E-state index contributed by atoms with van der Waals surface area (Å²) in [5.74, 6) is -0.408. The SMILES string of the molecule is CCOc1ccc(N2C(=O)/C(=C/c3ccc(OCC(=O)O)c(Cl)c3)N(C)C2=S)cc1. The summed E-state index contributed by atoms with van der Waals surface area (Å²) >= 11 is 11.6. The number of ether oxygens (including phenoxy) is 2. The van der Waals surface area contributed by atoms with Crippen molar-refractivity contribution in [1.29, 1.82) is 0 Å². The fourth-order valence-electron chi connectivity index (χ4n) is 2.86. The molecule has 1 aliphatic heterocycles. The van der Waals surface area contributed by atoms with Crippen LogP contribution in [0.25, 0.3) is 6.08 Å². The van der Waals surface area contributed by atoms with Crippen LogP contribution in [-0.4, -0.2) is 47.3 Å². The molecule has 30 heavy (non-hydrogen) atoms. The number of hydrogen-bond donors (Lipinski definition) is 1. The van der Waals surface area contributed by atoms with Crippen LogP contribution in [0, 0.1) is 0 Å². The minimum Gasteiger partial charge on any atom is -0.494 e. The quantitative estimate of drug-likeness (QED) is 0.511. The molecule has 0 radical (unpaired) electrons. The number of carboxylic acids is 1. The highest BCUT2D eigenvalue weighted by molar-refractivity contribution is 7.80. The summed E-state index contributed by atoms with van der Waals surface area (Å²) in [5, 5.41) is 9.30. The number of halogens is 1. The van der Waals surface area contributed by atoms with E-state index in [1.807, 2.05) is 6.92 Å². The zero-order valence-corrected chi connectivity index (χ0v) is 17.9. The van der Waals surface area contributed by atoms with Gasteiger partial charge in [0.05, 0.1) is 17.3 Å². The second kappa shape index (κ2) is 9.15. The van der Waals surface area contributed by atoms with E-state index in [1.54, 1.807) is 60.5 Å². The molecular weight excluding hydrogens is 428 g/mol. The van der Waals surface area contributed by atoms with Gasteiger partial charge in [-0.15, -0.1) is 0 Å². The third-order valence-corrected chi connectivity index (χ3v) is 5.03. The number of carboxylic acid groups (broad SMARTS) is 1. The van der Waals surface area contributed by atoms with E-state index < -0.39 is 12.6 Å². The van der Waals surface area contributed by atoms with E-state index in [-0.39, 0.29) is 16.7 Å². The number of anilines is 1. The number of carbonyl (C=O) groups excluding carboxylic acids is 1. The summed E-state index contributed by atoms with van der Waals surface area (Å²) in [6, 6.07) is 11.9. The summed E-state index contributed by atoms with van der Waals surface area (Å²) in [5.41, 5.74) is 1.66. The van der Waals surface area contributed by atoms with E-state index >= 15 is 0 Å². The Kier molecular flexibility index (Phi) is 6.59. The van der Waals surface area contributed by atoms with Crippen molar-refractivity contribution in [2.24, 2.45) is 0 Å². The first-order chi connectivity index (χ1) is 14.3. The monoisotopic (exact) mass is 446 g/mol. The van der Waals surface area contributed by atoms with Crippen molar-refractivity contribution in [3.8, 4) is 11.5 Å². The number of carbonyl (C=O) groups is 2. The predicted molar refractivity (Wildman–Crippen MR) is 118 cm³/mol. The number of amides is 1. The summed E-state index contributed by atoms with van der Waals surface area (Å²) in [4.78, 5) is 26.8. The van der Waals surface area contributed by atoms with Gasteiger partial charge < -0.3 is 19.5 Å². The zero-order chi connectivity index (χ0) is 21.8. The molecule has 0 atom stereocenters. The Balaban J connectivity index is 1.85. The molecule has 2 aromatic rings. The normalized spacial score (nSPS) is 15.1. The van der Waals surface area contributed by atoms with Gasteiger partial charge in [-0.25, -0.2) is 4.79 Å². The lowest BCUT2D eigenvalue weighted by atomic mass is 10.1. The first kappa shape index (κ1) is 21.6. The molecule has 3 rings (SSSR count). The van der Waals surface area contributed by atoms with Gasteiger partial charge in [-0.05, 0) is 67.2 Å². The van der Waals surface area contributed by atoms with Crippen LogP contribution in [0.1, 0.15) is 12.5 Å². The van der Waals surface area contributed by atoms with Crippen molar-refractivity contribution in [2.75, 3.05) is 25.2 Å². The Morgan fingerprint density at radius 2 is 1.90 bits per heavy atom. The maximum absolute atomic E-state index is 13.0. The molecule has 1 aliphatic rings. The second-order valence-electron chi connectivity index (χ2n) is 6.31. The van der Waals surface area contributed by atoms with Crippen LogP contribution >= 0.6 is 23.8 Å². The van der Waals surface area contributed by atoms with Gasteiger partial charge in [0, 0.05) is 7.05 Å². The van der Waals surface area contributed by atoms with Crippen LogP contribution in [0.5, 0.6) is 11.5 Å². The lowest BCUT2D eigenvalue weighted by molar-refractivity contribution is -0.139. The third kappa shape index (κ3) is 4.55. The molecule has 1 saturated heterocycles. The van der Waals surface area contributed by atoms with Crippen LogP contribution in [0.4, 0.5) is 5.69 Å². The Morgan fingerprint density at radius 1 is 1.20 bits per heavy atom. The number of thiocarbonyl (C=S) groups is 1. The predicted octanol–water partition coefficient (Wildman–Crippen LogP) is 3.81. The molecule has 0 bridgehead atoms. The van der Waals surface area contributed by atoms with Gasteiger partial charge in [-0.2, -0.15) is 0 Å². The number of hydrogen-bond acceptors (Lipinski definition) is 5. The summed E-state index contributed by atoms with van der Waals surface area (Å²) in [6.07, 6.45) is 1.66. The number of benzene rings is 2. The molecule has 2 aromatic carbocycles. The average Bonchev–Trinajstić information content (AvgIpc) is 2.91. The van der Waals surface area contributed by atoms with Gasteiger partial charge in [-0.3, -0.25) is 9.69 Å². The molecule has 9 heteroatoms. The molecule has 1 amide bonds. The summed E-state index contributed by atoms with van der Waals surface area (Å²) in [6.45, 7) is 1.96. The van der Waals surface area contributed by atoms with Gasteiger partial charge >= 0.3 is 5.97 Å². The van der Waals surface area contributed by atoms with Crippen LogP contribution in [-0.2, 0) is 9.59 Å². The van der Waals surface area contributed by atoms with Crippen molar-refractivity contribution < 1.29 is 24.2 Å². The van der Waals surface area contributed by atoms with E-state index in [0.29, 0.717) is 34.4 Å². The van der Waals surface area contributed by atoms with Crippen molar-refractivity contribution in [3.63, 3.8) is 0 Å². The molecule has 0 unspecified atom stereocenters. The van der Waals surface area contributed by atoms with Crippen molar-refractivity contribution in [3.05, 3.63) is 58.7 Å². The smallest absolute Gasteiger partial charge is 0.341 e. The molecule has 7 nitrogen and oxygen atoms in total. The van der Waals surface area contributed by atoms with Gasteiger partial charge in [0.25, 0.3) is 5.91 Å². The number of rotatable bonds is 7. The minimum atomic E-state index is -1.10. The lowest BCUT2D eigenvalue weighted by Crippen LogP contribution is -2.31. The second-order valence-corrected chi connectivity index (χ2v) is 7.08. The Labute approximate surface area is 184 Å². The van der Waals surface area contributed by atoms with Crippen molar-refractivity contribution in [1.82, 2.24) is 4.90 Å². The molecule has 1 fully saturated rings. The molecule has 0 aliphatic carbocycles. The van der Waals surface area contributed by atoms with Crippen molar-refractivity contribution >= 4 is 52.6 Å². The topological polar surface area (TPSA) is 79.3 Å². The molecule has 0 aromatic heterocycles. The fourth-order valence-corrected chi connectivity index (χ4v) is 3.39. The average molecular weight is 447 g/mol. The van der Waals surface area contributed by atoms with E-state index in [1.165, 1.54) is 4.90 Å². The van der Waals surface area contributed by atoms with Crippen molar-refractivity contribution in [2.45, 2.75) is 6.92 Å². The molecule has 0 saturated carbocycles. The number of likely N-dealkylation sites (N-methyl/N-ethyl adjacent to an activating group) is 1. The third-order valence-electron chi connectivity index (χ3n) is 4.28. The van der Waals surface area contributed by atoms with Gasteiger partial charge in [0.15, 0.2) is 11.7 Å². The van der Waals surface area contributed by atoms with Crippen LogP contribution < -0.4 is 14.4 Å². The molecule has 1 N–H and O–H groups in total. The summed E-state index contributed by atoms with van der Waals surface area (Å²) in [7, 11) is 1.71. The Bertz CT molecular complexity index is 1020. The Hall–Kier alpha value is -3.10. The fraction of sp³-hybridized carbons (Fsp3) is 0.190. The lowest BCUT2D eigenvalue weighted by Gasteiger charge is -2.16. The highest BCUT2D eigenvalue weighted by Gasteiger charge is 2.36. The highest BCUT2D eigenvalue weighted by Crippen LogP contribution is 2.31. The first-order valence-electron chi connectivity index (χ1n) is 9.02. The van der Waals surface area contributed by atoms with E-state index in [2.05, 4.69) is 0 Å². The van der Waals surface area contributed by atoms with E-state index in [0.717, 1.165) is 0 Å². The zero-order valence-electron chi connectivity index (χ0n) is 16.3. The van der Waals surface area contributed by atoms with Gasteiger partial charge in [-0.1, -0.05) is 17.7 Å². The maximum atomic E-state index is 13.0. The maximum Gasteiger partial charge on any atom is 0.341 e. The standard InChI is InChI=1S/C21H19ClN2O5S/c1-3-28-15-7-5-14(6-8-15)24-20(27)17(23(2)21(24)30)11-13-4-9-18(16(22)10-13)29-12-19(25)26/h4-11H,3,12H2,1-2H3,(H,25,26)/b17-11-. The number of nitrogens with zero attached hydrogens (tertiary/aromatic N) is 2. The summed E-state index contributed by atoms with van der Waals surface area (Å²) < 4.78 is 10.6. The largest absolute Gasteiger partial charge is 0.494 e. The van der Waals surface area contributed by atoms with Crippen LogP contribution in [0.15, 0.2) is 48.2 Å². The number of aliphatic carboxylic acids is 1. The highest BCUT2D eigenvalue weighted by atomic mass is 35.5. The molecule has 156 valence electrons. The van der Waals surface area contributed by atoms with E-state index in [9.17, 15) is 9.59 Å². The van der Waals surface area contributed by atoms with E-state index in [4.69, 9.17) is 38.4 Å². The van der Waals surface area contributed by atoms with Gasteiger partial charge in [0.1, 0.15) is 17.2 Å². The molecule has 1 heterocycles. The first-order valence-corrected chi connectivity index (χ1v) is 9.81. The van der Waals surface area contributed by atoms with Gasteiger partial charge in [0.2, 0.25) is 0 Å².